The molecule has 2 saturated heterocycles. The molecule has 21 nitrogen and oxygen atoms in total. The van der Waals surface area contributed by atoms with Gasteiger partial charge in [-0.05, 0) is 94.0 Å². The zero-order valence-electron chi connectivity index (χ0n) is 37.4. The Bertz CT molecular complexity index is 1860. The van der Waals surface area contributed by atoms with Gasteiger partial charge in [-0.3, -0.25) is 23.9 Å². The lowest BCUT2D eigenvalue weighted by Crippen LogP contribution is -2.48. The molecule has 0 spiro atoms. The van der Waals surface area contributed by atoms with Gasteiger partial charge in [-0.25, -0.2) is 19.2 Å². The van der Waals surface area contributed by atoms with Gasteiger partial charge in [0.25, 0.3) is 5.56 Å². The van der Waals surface area contributed by atoms with E-state index in [1.165, 1.54) is 32.4 Å². The molecule has 0 saturated carbocycles. The number of azide groups is 1. The van der Waals surface area contributed by atoms with Gasteiger partial charge in [0, 0.05) is 88.3 Å². The van der Waals surface area contributed by atoms with Crippen molar-refractivity contribution in [2.24, 2.45) is 5.11 Å². The number of hydrogen-bond acceptors (Lipinski definition) is 13. The van der Waals surface area contributed by atoms with E-state index in [2.05, 4.69) is 15.0 Å². The van der Waals surface area contributed by atoms with Gasteiger partial charge in [-0.1, -0.05) is 5.11 Å². The van der Waals surface area contributed by atoms with E-state index in [0.717, 1.165) is 0 Å². The van der Waals surface area contributed by atoms with Gasteiger partial charge < -0.3 is 43.3 Å². The van der Waals surface area contributed by atoms with Crippen LogP contribution in [0, 0.1) is 6.92 Å². The number of nitrogens with one attached hydrogen (secondary N) is 1. The van der Waals surface area contributed by atoms with E-state index >= 15 is 0 Å². The van der Waals surface area contributed by atoms with Crippen molar-refractivity contribution in [3.63, 3.8) is 0 Å². The molecule has 3 atom stereocenters. The summed E-state index contributed by atoms with van der Waals surface area (Å²) in [4.78, 5) is 102. The number of carbonyl (C=O) groups excluding carboxylic acids is 5. The Hall–Kier alpha value is -5.30. The maximum absolute atomic E-state index is 13.7. The fraction of sp³-hybridized carbons (Fsp3) is 0.775. The molecule has 61 heavy (non-hydrogen) atoms. The Morgan fingerprint density at radius 3 is 1.67 bits per heavy atom. The van der Waals surface area contributed by atoms with Crippen molar-refractivity contribution in [1.82, 2.24) is 29.2 Å². The third kappa shape index (κ3) is 17.3. The minimum Gasteiger partial charge on any atom is -0.463 e. The molecule has 1 aromatic rings. The number of aryl methyl sites for hydroxylation is 1. The first-order chi connectivity index (χ1) is 28.4. The number of hydrogen-bond donors (Lipinski definition) is 1. The molecular weight excluding hydrogens is 798 g/mol. The molecule has 2 fully saturated rings. The highest BCUT2D eigenvalue weighted by atomic mass is 16.6. The summed E-state index contributed by atoms with van der Waals surface area (Å²) < 4.78 is 29.6. The maximum atomic E-state index is 13.7. The summed E-state index contributed by atoms with van der Waals surface area (Å²) in [5, 5.41) is 3.74. The highest BCUT2D eigenvalue weighted by molar-refractivity contribution is 5.77. The summed E-state index contributed by atoms with van der Waals surface area (Å²) in [6.07, 6.45) is -1.31. The first-order valence-electron chi connectivity index (χ1n) is 20.7. The van der Waals surface area contributed by atoms with Gasteiger partial charge in [0.05, 0.1) is 6.04 Å². The van der Waals surface area contributed by atoms with Crippen LogP contribution in [-0.4, -0.2) is 147 Å². The van der Waals surface area contributed by atoms with E-state index in [1.54, 1.807) is 67.2 Å². The largest absolute Gasteiger partial charge is 0.463 e. The van der Waals surface area contributed by atoms with Crippen molar-refractivity contribution in [2.45, 2.75) is 143 Å². The lowest BCUT2D eigenvalue weighted by molar-refractivity contribution is -0.149. The molecule has 342 valence electrons. The van der Waals surface area contributed by atoms with E-state index in [4.69, 9.17) is 29.2 Å². The van der Waals surface area contributed by atoms with E-state index in [-0.39, 0.29) is 96.1 Å². The Kier molecular flexibility index (Phi) is 18.0. The molecule has 0 bridgehead atoms. The number of carbonyl (C=O) groups is 5. The first kappa shape index (κ1) is 50.1. The molecular formula is C40H65N9O12. The summed E-state index contributed by atoms with van der Waals surface area (Å²) in [5.41, 5.74) is 5.82. The third-order valence-electron chi connectivity index (χ3n) is 9.34. The smallest absolute Gasteiger partial charge is 0.410 e. The average molecular weight is 864 g/mol. The molecule has 4 amide bonds. The zero-order valence-corrected chi connectivity index (χ0v) is 37.4. The summed E-state index contributed by atoms with van der Waals surface area (Å²) in [5.74, 6) is -0.905. The molecule has 21 heteroatoms. The first-order valence-corrected chi connectivity index (χ1v) is 20.7. The molecule has 1 aromatic heterocycles. The second-order valence-electron chi connectivity index (χ2n) is 18.1. The molecule has 0 aliphatic carbocycles. The summed E-state index contributed by atoms with van der Waals surface area (Å²) in [6.45, 7) is 18.4. The van der Waals surface area contributed by atoms with Crippen LogP contribution in [0.15, 0.2) is 20.9 Å². The monoisotopic (exact) mass is 863 g/mol. The average Bonchev–Trinajstić information content (AvgIpc) is 3.52. The van der Waals surface area contributed by atoms with Crippen LogP contribution in [0.4, 0.5) is 14.4 Å². The second kappa shape index (κ2) is 22.0. The minimum absolute atomic E-state index is 0.0278. The van der Waals surface area contributed by atoms with E-state index in [0.29, 0.717) is 12.8 Å². The summed E-state index contributed by atoms with van der Waals surface area (Å²) >= 11 is 0. The van der Waals surface area contributed by atoms with Crippen LogP contribution in [0.1, 0.15) is 113 Å². The lowest BCUT2D eigenvalue weighted by atomic mass is 10.1. The number of ether oxygens (including phenoxy) is 5. The quantitative estimate of drug-likeness (QED) is 0.121. The number of H-pyrrole nitrogens is 1. The molecule has 3 rings (SSSR count). The van der Waals surface area contributed by atoms with Crippen LogP contribution >= 0.6 is 0 Å². The molecule has 2 aliphatic heterocycles. The van der Waals surface area contributed by atoms with Crippen LogP contribution in [0.2, 0.25) is 0 Å². The predicted octanol–water partition coefficient (Wildman–Crippen LogP) is 4.86. The predicted molar refractivity (Wildman–Crippen MR) is 222 cm³/mol. The fourth-order valence-corrected chi connectivity index (χ4v) is 6.42. The van der Waals surface area contributed by atoms with E-state index < -0.39 is 70.7 Å². The standard InChI is InChI=1S/C40H65N9O12/c1-27-25-49(34(53)42-33(27)52)31-24-28(43-44-41)29(58-31)26-57-32(51)15-11-14-30(50)45-16-12-17-47(36(55)60-39(5,6)7)22-23-48(37(56)61-40(8,9)10)19-13-18-46(21-20-45)35(54)59-38(2,3)4/h25,28-29,31H,11-24,26H2,1-10H3,(H,42,52,53)/t28-,29+,31+/m0/s1. The number of aromatic amines is 1. The molecule has 0 unspecified atom stereocenters. The van der Waals surface area contributed by atoms with Crippen molar-refractivity contribution in [1.29, 1.82) is 0 Å². The minimum atomic E-state index is -0.872. The SMILES string of the molecule is Cc1cn([C@H]2C[C@H](N=[N+]=[N-])[C@@H](COC(=O)CCCC(=O)N3CCCN(C(=O)OC(C)(C)C)CCN(C(=O)OC(C)(C)C)CCCN(C(=O)OC(C)(C)C)CC3)O2)c(=O)[nH]c1=O. The lowest BCUT2D eigenvalue weighted by Gasteiger charge is -2.34. The van der Waals surface area contributed by atoms with Gasteiger partial charge >= 0.3 is 29.9 Å². The Labute approximate surface area is 356 Å². The molecule has 1 N–H and O–H groups in total. The van der Waals surface area contributed by atoms with Gasteiger partial charge in [0.1, 0.15) is 35.7 Å². The second-order valence-corrected chi connectivity index (χ2v) is 18.1. The summed E-state index contributed by atoms with van der Waals surface area (Å²) in [6, 6.07) is -0.763. The van der Waals surface area contributed by atoms with Crippen LogP contribution in [0.5, 0.6) is 0 Å². The molecule has 0 radical (unpaired) electrons. The topological polar surface area (TPSA) is 248 Å². The Morgan fingerprint density at radius 1 is 0.754 bits per heavy atom. The normalized spacial score (nSPS) is 19.9. The third-order valence-corrected chi connectivity index (χ3v) is 9.34. The van der Waals surface area contributed by atoms with Gasteiger partial charge in [-0.15, -0.1) is 0 Å². The van der Waals surface area contributed by atoms with Crippen molar-refractivity contribution in [3.05, 3.63) is 43.0 Å². The fourth-order valence-electron chi connectivity index (χ4n) is 6.42. The highest BCUT2D eigenvalue weighted by Crippen LogP contribution is 2.30. The van der Waals surface area contributed by atoms with Gasteiger partial charge in [0.2, 0.25) is 5.91 Å². The van der Waals surface area contributed by atoms with Crippen LogP contribution in [0.25, 0.3) is 10.4 Å². The van der Waals surface area contributed by atoms with Crippen LogP contribution in [-0.2, 0) is 33.3 Å². The zero-order chi connectivity index (χ0) is 45.7. The van der Waals surface area contributed by atoms with Crippen molar-refractivity contribution in [2.75, 3.05) is 59.0 Å². The number of aromatic nitrogens is 2. The number of esters is 1. The van der Waals surface area contributed by atoms with Crippen molar-refractivity contribution >= 4 is 30.2 Å². The summed E-state index contributed by atoms with van der Waals surface area (Å²) in [7, 11) is 0. The van der Waals surface area contributed by atoms with Crippen LogP contribution < -0.4 is 11.2 Å². The number of nitrogens with zero attached hydrogens (tertiary/aromatic N) is 8. The molecule has 0 aromatic carbocycles. The van der Waals surface area contributed by atoms with Crippen molar-refractivity contribution < 1.29 is 47.7 Å². The molecule has 3 heterocycles. The maximum Gasteiger partial charge on any atom is 0.410 e. The van der Waals surface area contributed by atoms with Gasteiger partial charge in [-0.2, -0.15) is 0 Å². The van der Waals surface area contributed by atoms with E-state index in [9.17, 15) is 33.6 Å². The van der Waals surface area contributed by atoms with Gasteiger partial charge in [0.15, 0.2) is 0 Å². The van der Waals surface area contributed by atoms with Crippen LogP contribution in [0.3, 0.4) is 0 Å². The Balaban J connectivity index is 1.71. The molecule has 2 aliphatic rings. The number of amides is 4. The van der Waals surface area contributed by atoms with E-state index in [1.807, 2.05) is 0 Å². The number of rotatable bonds is 8. The Morgan fingerprint density at radius 2 is 1.21 bits per heavy atom. The van der Waals surface area contributed by atoms with Crippen molar-refractivity contribution in [3.8, 4) is 0 Å². The highest BCUT2D eigenvalue weighted by Gasteiger charge is 2.37.